The van der Waals surface area contributed by atoms with Gasteiger partial charge >= 0.3 is 5.69 Å². The van der Waals surface area contributed by atoms with Crippen LogP contribution in [-0.4, -0.2) is 16.7 Å². The van der Waals surface area contributed by atoms with Gasteiger partial charge in [0.2, 0.25) is 0 Å². The Morgan fingerprint density at radius 2 is 1.86 bits per heavy atom. The molecule has 0 saturated carbocycles. The Morgan fingerprint density at radius 3 is 2.57 bits per heavy atom. The van der Waals surface area contributed by atoms with Gasteiger partial charge in [-0.05, 0) is 36.8 Å². The molecule has 0 bridgehead atoms. The van der Waals surface area contributed by atoms with Crippen molar-refractivity contribution in [2.24, 2.45) is 0 Å². The number of ether oxygens (including phenoxy) is 1. The van der Waals surface area contributed by atoms with E-state index in [9.17, 15) is 9.59 Å². The first-order chi connectivity index (χ1) is 10.1. The predicted octanol–water partition coefficient (Wildman–Crippen LogP) is 2.00. The zero-order valence-electron chi connectivity index (χ0n) is 11.7. The molecule has 2 aromatic carbocycles. The lowest BCUT2D eigenvalue weighted by atomic mass is 10.2. The van der Waals surface area contributed by atoms with E-state index in [4.69, 9.17) is 4.74 Å². The average Bonchev–Trinajstić information content (AvgIpc) is 2.46. The number of rotatable bonds is 2. The fourth-order valence-corrected chi connectivity index (χ4v) is 2.40. The maximum atomic E-state index is 12.7. The van der Waals surface area contributed by atoms with E-state index in [-0.39, 0.29) is 0 Å². The molecular weight excluding hydrogens is 268 g/mol. The van der Waals surface area contributed by atoms with Gasteiger partial charge in [0.05, 0.1) is 18.3 Å². The number of hydrogen-bond acceptors (Lipinski definition) is 3. The van der Waals surface area contributed by atoms with E-state index in [0.717, 1.165) is 10.1 Å². The van der Waals surface area contributed by atoms with Crippen molar-refractivity contribution in [3.8, 4) is 11.4 Å². The number of nitrogens with one attached hydrogen (secondary N) is 1. The number of aryl methyl sites for hydroxylation is 1. The Bertz CT molecular complexity index is 938. The molecule has 1 aromatic heterocycles. The quantitative estimate of drug-likeness (QED) is 0.782. The van der Waals surface area contributed by atoms with Gasteiger partial charge < -0.3 is 9.72 Å². The molecular formula is C16H14N2O3. The summed E-state index contributed by atoms with van der Waals surface area (Å²) < 4.78 is 6.35. The fourth-order valence-electron chi connectivity index (χ4n) is 2.40. The van der Waals surface area contributed by atoms with Gasteiger partial charge in [-0.1, -0.05) is 18.2 Å². The fraction of sp³-hybridized carbons (Fsp3) is 0.125. The van der Waals surface area contributed by atoms with Crippen LogP contribution < -0.4 is 16.0 Å². The van der Waals surface area contributed by atoms with Crippen molar-refractivity contribution < 1.29 is 4.74 Å². The summed E-state index contributed by atoms with van der Waals surface area (Å²) in [7, 11) is 1.50. The van der Waals surface area contributed by atoms with Crippen LogP contribution in [0.25, 0.3) is 16.6 Å². The standard InChI is InChI=1S/C16H14N2O3/c1-10-5-3-6-11(9-10)18-15(19)14-12(17-16(18)20)7-4-8-13(14)21-2/h3-9H,1-2H3,(H,17,20). The largest absolute Gasteiger partial charge is 0.496 e. The van der Waals surface area contributed by atoms with Crippen LogP contribution in [0.3, 0.4) is 0 Å². The molecule has 0 radical (unpaired) electrons. The summed E-state index contributed by atoms with van der Waals surface area (Å²) in [6.07, 6.45) is 0. The SMILES string of the molecule is COc1cccc2[nH]c(=O)n(-c3cccc(C)c3)c(=O)c12. The molecule has 1 N–H and O–H groups in total. The van der Waals surface area contributed by atoms with E-state index in [2.05, 4.69) is 4.98 Å². The van der Waals surface area contributed by atoms with Gasteiger partial charge in [0, 0.05) is 0 Å². The van der Waals surface area contributed by atoms with Gasteiger partial charge in [0.25, 0.3) is 5.56 Å². The third-order valence-electron chi connectivity index (χ3n) is 3.37. The van der Waals surface area contributed by atoms with Crippen molar-refractivity contribution in [3.63, 3.8) is 0 Å². The Balaban J connectivity index is 2.45. The topological polar surface area (TPSA) is 64.1 Å². The van der Waals surface area contributed by atoms with E-state index >= 15 is 0 Å². The van der Waals surface area contributed by atoms with Crippen LogP contribution in [0.4, 0.5) is 0 Å². The molecule has 21 heavy (non-hydrogen) atoms. The molecule has 0 aliphatic carbocycles. The first kappa shape index (κ1) is 13.2. The van der Waals surface area contributed by atoms with Crippen LogP contribution in [0, 0.1) is 6.92 Å². The number of nitrogens with zero attached hydrogens (tertiary/aromatic N) is 1. The van der Waals surface area contributed by atoms with Crippen LogP contribution in [0.2, 0.25) is 0 Å². The molecule has 5 heteroatoms. The van der Waals surface area contributed by atoms with Gasteiger partial charge in [-0.2, -0.15) is 0 Å². The predicted molar refractivity (Wildman–Crippen MR) is 81.5 cm³/mol. The van der Waals surface area contributed by atoms with Crippen molar-refractivity contribution in [2.75, 3.05) is 7.11 Å². The second kappa shape index (κ2) is 4.94. The summed E-state index contributed by atoms with van der Waals surface area (Å²) in [6, 6.07) is 12.3. The van der Waals surface area contributed by atoms with Crippen LogP contribution in [0.1, 0.15) is 5.56 Å². The zero-order valence-corrected chi connectivity index (χ0v) is 11.7. The highest BCUT2D eigenvalue weighted by molar-refractivity contribution is 5.84. The second-order valence-corrected chi connectivity index (χ2v) is 4.79. The third-order valence-corrected chi connectivity index (χ3v) is 3.37. The zero-order chi connectivity index (χ0) is 15.0. The lowest BCUT2D eigenvalue weighted by molar-refractivity contribution is 0.419. The van der Waals surface area contributed by atoms with Crippen molar-refractivity contribution in [1.29, 1.82) is 0 Å². The van der Waals surface area contributed by atoms with E-state index < -0.39 is 11.2 Å². The molecule has 0 aliphatic rings. The second-order valence-electron chi connectivity index (χ2n) is 4.79. The molecule has 1 heterocycles. The molecule has 3 aromatic rings. The van der Waals surface area contributed by atoms with Crippen LogP contribution in [0.5, 0.6) is 5.75 Å². The van der Waals surface area contributed by atoms with E-state index in [1.807, 2.05) is 19.1 Å². The molecule has 0 saturated heterocycles. The van der Waals surface area contributed by atoms with E-state index in [1.54, 1.807) is 30.3 Å². The van der Waals surface area contributed by atoms with Crippen LogP contribution in [0.15, 0.2) is 52.1 Å². The first-order valence-electron chi connectivity index (χ1n) is 6.51. The molecule has 0 amide bonds. The van der Waals surface area contributed by atoms with Crippen LogP contribution >= 0.6 is 0 Å². The summed E-state index contributed by atoms with van der Waals surface area (Å²) in [5.74, 6) is 0.440. The lowest BCUT2D eigenvalue weighted by Crippen LogP contribution is -2.33. The third kappa shape index (κ3) is 2.12. The summed E-state index contributed by atoms with van der Waals surface area (Å²) in [5.41, 5.74) is 1.12. The van der Waals surface area contributed by atoms with Crippen molar-refractivity contribution in [3.05, 3.63) is 68.9 Å². The monoisotopic (exact) mass is 282 g/mol. The molecule has 0 spiro atoms. The number of aromatic nitrogens is 2. The molecule has 106 valence electrons. The van der Waals surface area contributed by atoms with E-state index in [1.165, 1.54) is 7.11 Å². The lowest BCUT2D eigenvalue weighted by Gasteiger charge is -2.09. The van der Waals surface area contributed by atoms with Gasteiger partial charge in [-0.25, -0.2) is 9.36 Å². The molecule has 0 fully saturated rings. The average molecular weight is 282 g/mol. The number of fused-ring (bicyclic) bond motifs is 1. The van der Waals surface area contributed by atoms with Gasteiger partial charge in [-0.15, -0.1) is 0 Å². The highest BCUT2D eigenvalue weighted by Gasteiger charge is 2.13. The van der Waals surface area contributed by atoms with E-state index in [0.29, 0.717) is 22.3 Å². The van der Waals surface area contributed by atoms with Crippen molar-refractivity contribution in [2.45, 2.75) is 6.92 Å². The molecule has 0 unspecified atom stereocenters. The molecule has 3 rings (SSSR count). The normalized spacial score (nSPS) is 10.8. The summed E-state index contributed by atoms with van der Waals surface area (Å²) in [4.78, 5) is 27.7. The Hall–Kier alpha value is -2.82. The number of methoxy groups -OCH3 is 1. The number of hydrogen-bond donors (Lipinski definition) is 1. The minimum atomic E-state index is -0.466. The highest BCUT2D eigenvalue weighted by Crippen LogP contribution is 2.19. The summed E-state index contributed by atoms with van der Waals surface area (Å²) in [5, 5.41) is 0.362. The number of benzene rings is 2. The number of aromatic amines is 1. The van der Waals surface area contributed by atoms with Crippen molar-refractivity contribution >= 4 is 10.9 Å². The Kier molecular flexibility index (Phi) is 3.10. The number of H-pyrrole nitrogens is 1. The van der Waals surface area contributed by atoms with Crippen molar-refractivity contribution in [1.82, 2.24) is 9.55 Å². The first-order valence-corrected chi connectivity index (χ1v) is 6.51. The molecule has 0 atom stereocenters. The minimum absolute atomic E-state index is 0.362. The molecule has 0 aliphatic heterocycles. The maximum Gasteiger partial charge on any atom is 0.333 e. The highest BCUT2D eigenvalue weighted by atomic mass is 16.5. The van der Waals surface area contributed by atoms with Crippen LogP contribution in [-0.2, 0) is 0 Å². The Morgan fingerprint density at radius 1 is 1.10 bits per heavy atom. The summed E-state index contributed by atoms with van der Waals surface area (Å²) in [6.45, 7) is 1.91. The van der Waals surface area contributed by atoms with Gasteiger partial charge in [0.15, 0.2) is 0 Å². The smallest absolute Gasteiger partial charge is 0.333 e. The van der Waals surface area contributed by atoms with Gasteiger partial charge in [0.1, 0.15) is 11.1 Å². The summed E-state index contributed by atoms with van der Waals surface area (Å²) >= 11 is 0. The van der Waals surface area contributed by atoms with Gasteiger partial charge in [-0.3, -0.25) is 4.79 Å². The maximum absolute atomic E-state index is 12.7. The minimum Gasteiger partial charge on any atom is -0.496 e. The Labute approximate surface area is 120 Å². The molecule has 5 nitrogen and oxygen atoms in total.